The van der Waals surface area contributed by atoms with Crippen LogP contribution in [-0.4, -0.2) is 26.6 Å². The Hall–Kier alpha value is -2.89. The van der Waals surface area contributed by atoms with E-state index in [0.717, 1.165) is 16.9 Å². The second-order valence-electron chi connectivity index (χ2n) is 7.02. The van der Waals surface area contributed by atoms with Gasteiger partial charge in [-0.05, 0) is 44.4 Å². The van der Waals surface area contributed by atoms with E-state index in [2.05, 4.69) is 20.3 Å². The van der Waals surface area contributed by atoms with Crippen LogP contribution in [0.2, 0.25) is 0 Å². The highest BCUT2D eigenvalue weighted by Gasteiger charge is 2.25. The summed E-state index contributed by atoms with van der Waals surface area (Å²) in [6.45, 7) is 9.18. The zero-order chi connectivity index (χ0) is 19.0. The molecule has 6 nitrogen and oxygen atoms in total. The Labute approximate surface area is 152 Å². The zero-order valence-electron chi connectivity index (χ0n) is 15.7. The van der Waals surface area contributed by atoms with Gasteiger partial charge in [-0.2, -0.15) is 0 Å². The van der Waals surface area contributed by atoms with Gasteiger partial charge in [0.1, 0.15) is 11.5 Å². The van der Waals surface area contributed by atoms with Gasteiger partial charge in [-0.15, -0.1) is 0 Å². The average Bonchev–Trinajstić information content (AvgIpc) is 3.12. The Morgan fingerprint density at radius 1 is 1.12 bits per heavy atom. The number of nitrogens with one attached hydrogen (secondary N) is 3. The second kappa shape index (κ2) is 6.78. The van der Waals surface area contributed by atoms with E-state index in [1.807, 2.05) is 38.1 Å². The summed E-state index contributed by atoms with van der Waals surface area (Å²) in [5, 5.41) is 3.06. The van der Waals surface area contributed by atoms with Gasteiger partial charge in [0.05, 0.1) is 17.1 Å². The second-order valence-corrected chi connectivity index (χ2v) is 7.02. The van der Waals surface area contributed by atoms with Crippen LogP contribution in [0.5, 0.6) is 0 Å². The molecule has 0 bridgehead atoms. The minimum Gasteiger partial charge on any atom is -0.354 e. The van der Waals surface area contributed by atoms with Crippen LogP contribution < -0.4 is 5.32 Å². The number of carbonyl (C=O) groups is 2. The SMILES string of the molecule is CC(=O)c1c(C)[nH]c(C(=O)N[C@H](c2nc3ccccc3[nH]2)C(C)C)c1C. The van der Waals surface area contributed by atoms with E-state index in [0.29, 0.717) is 22.5 Å². The number of ketones is 1. The number of amides is 1. The van der Waals surface area contributed by atoms with Gasteiger partial charge in [0.2, 0.25) is 0 Å². The number of hydrogen-bond acceptors (Lipinski definition) is 3. The molecule has 2 aromatic heterocycles. The van der Waals surface area contributed by atoms with Gasteiger partial charge >= 0.3 is 0 Å². The van der Waals surface area contributed by atoms with Crippen LogP contribution in [0.25, 0.3) is 11.0 Å². The lowest BCUT2D eigenvalue weighted by atomic mass is 10.0. The van der Waals surface area contributed by atoms with E-state index in [1.165, 1.54) is 6.92 Å². The predicted octanol–water partition coefficient (Wildman–Crippen LogP) is 3.84. The number of H-pyrrole nitrogens is 2. The number of rotatable bonds is 5. The van der Waals surface area contributed by atoms with E-state index in [4.69, 9.17) is 0 Å². The van der Waals surface area contributed by atoms with Gasteiger partial charge < -0.3 is 15.3 Å². The number of nitrogens with zero attached hydrogens (tertiary/aromatic N) is 1. The predicted molar refractivity (Wildman–Crippen MR) is 101 cm³/mol. The number of benzene rings is 1. The Morgan fingerprint density at radius 2 is 1.81 bits per heavy atom. The van der Waals surface area contributed by atoms with Crippen LogP contribution in [0.3, 0.4) is 0 Å². The minimum atomic E-state index is -0.265. The molecule has 0 saturated heterocycles. The maximum absolute atomic E-state index is 12.9. The fraction of sp³-hybridized carbons (Fsp3) is 0.350. The average molecular weight is 352 g/mol. The van der Waals surface area contributed by atoms with Gasteiger partial charge in [0, 0.05) is 11.3 Å². The molecule has 0 saturated carbocycles. The van der Waals surface area contributed by atoms with Crippen molar-refractivity contribution in [2.75, 3.05) is 0 Å². The summed E-state index contributed by atoms with van der Waals surface area (Å²) in [5.74, 6) is 0.579. The molecule has 2 heterocycles. The van der Waals surface area contributed by atoms with Crippen molar-refractivity contribution in [2.24, 2.45) is 5.92 Å². The number of fused-ring (bicyclic) bond motifs is 1. The topological polar surface area (TPSA) is 90.6 Å². The highest BCUT2D eigenvalue weighted by Crippen LogP contribution is 2.24. The third-order valence-electron chi connectivity index (χ3n) is 4.67. The molecule has 0 aliphatic rings. The Balaban J connectivity index is 1.92. The van der Waals surface area contributed by atoms with Crippen molar-refractivity contribution in [2.45, 2.75) is 40.7 Å². The fourth-order valence-electron chi connectivity index (χ4n) is 3.39. The molecule has 3 N–H and O–H groups in total. The number of aromatic nitrogens is 3. The lowest BCUT2D eigenvalue weighted by Crippen LogP contribution is -2.33. The van der Waals surface area contributed by atoms with Gasteiger partial charge in [-0.25, -0.2) is 4.98 Å². The first-order valence-corrected chi connectivity index (χ1v) is 8.75. The minimum absolute atomic E-state index is 0.0482. The number of aryl methyl sites for hydroxylation is 1. The molecule has 3 rings (SSSR count). The molecule has 6 heteroatoms. The van der Waals surface area contributed by atoms with Gasteiger partial charge in [-0.1, -0.05) is 26.0 Å². The fourth-order valence-corrected chi connectivity index (χ4v) is 3.39. The Kier molecular flexibility index (Phi) is 4.68. The van der Waals surface area contributed by atoms with Crippen molar-refractivity contribution >= 4 is 22.7 Å². The van der Waals surface area contributed by atoms with Crippen molar-refractivity contribution in [1.82, 2.24) is 20.3 Å². The van der Waals surface area contributed by atoms with Crippen LogP contribution in [0.1, 0.15) is 64.7 Å². The van der Waals surface area contributed by atoms with Crippen molar-refractivity contribution in [3.63, 3.8) is 0 Å². The molecular weight excluding hydrogens is 328 g/mol. The zero-order valence-corrected chi connectivity index (χ0v) is 15.7. The highest BCUT2D eigenvalue weighted by atomic mass is 16.2. The molecule has 1 amide bonds. The van der Waals surface area contributed by atoms with Gasteiger partial charge in [0.25, 0.3) is 5.91 Å². The van der Waals surface area contributed by atoms with Crippen molar-refractivity contribution in [1.29, 1.82) is 0 Å². The van der Waals surface area contributed by atoms with Gasteiger partial charge in [-0.3, -0.25) is 9.59 Å². The lowest BCUT2D eigenvalue weighted by molar-refractivity contribution is 0.0918. The van der Waals surface area contributed by atoms with Gasteiger partial charge in [0.15, 0.2) is 5.78 Å². The van der Waals surface area contributed by atoms with Crippen molar-refractivity contribution in [3.05, 3.63) is 52.6 Å². The summed E-state index contributed by atoms with van der Waals surface area (Å²) < 4.78 is 0. The summed E-state index contributed by atoms with van der Waals surface area (Å²) >= 11 is 0. The number of imidazole rings is 1. The van der Waals surface area contributed by atoms with E-state index in [-0.39, 0.29) is 23.7 Å². The standard InChI is InChI=1S/C20H24N4O2/c1-10(2)17(19-22-14-8-6-7-9-15(14)23-19)24-20(26)18-11(3)16(13(5)25)12(4)21-18/h6-10,17,21H,1-5H3,(H,22,23)(H,24,26)/t17-/m0/s1. The number of hydrogen-bond donors (Lipinski definition) is 3. The molecule has 136 valence electrons. The van der Waals surface area contributed by atoms with E-state index in [9.17, 15) is 9.59 Å². The first kappa shape index (κ1) is 17.9. The molecule has 3 aromatic rings. The molecule has 1 atom stereocenters. The summed E-state index contributed by atoms with van der Waals surface area (Å²) in [7, 11) is 0. The summed E-state index contributed by atoms with van der Waals surface area (Å²) in [6.07, 6.45) is 0. The third-order valence-corrected chi connectivity index (χ3v) is 4.67. The largest absolute Gasteiger partial charge is 0.354 e. The van der Waals surface area contributed by atoms with Crippen LogP contribution in [0, 0.1) is 19.8 Å². The summed E-state index contributed by atoms with van der Waals surface area (Å²) in [5.41, 5.74) is 4.21. The van der Waals surface area contributed by atoms with E-state index < -0.39 is 0 Å². The summed E-state index contributed by atoms with van der Waals surface area (Å²) in [4.78, 5) is 35.6. The molecule has 0 aliphatic heterocycles. The molecular formula is C20H24N4O2. The Bertz CT molecular complexity index is 948. The van der Waals surface area contributed by atoms with E-state index in [1.54, 1.807) is 13.8 Å². The molecule has 0 aliphatic carbocycles. The molecule has 0 radical (unpaired) electrons. The molecule has 26 heavy (non-hydrogen) atoms. The molecule has 0 fully saturated rings. The maximum atomic E-state index is 12.9. The van der Waals surface area contributed by atoms with Crippen LogP contribution in [0.4, 0.5) is 0 Å². The maximum Gasteiger partial charge on any atom is 0.268 e. The quantitative estimate of drug-likeness (QED) is 0.609. The lowest BCUT2D eigenvalue weighted by Gasteiger charge is -2.20. The third kappa shape index (κ3) is 3.14. The Morgan fingerprint density at radius 3 is 2.38 bits per heavy atom. The number of aromatic amines is 2. The van der Waals surface area contributed by atoms with Crippen molar-refractivity contribution in [3.8, 4) is 0 Å². The monoisotopic (exact) mass is 352 g/mol. The van der Waals surface area contributed by atoms with Crippen LogP contribution in [0.15, 0.2) is 24.3 Å². The number of carbonyl (C=O) groups excluding carboxylic acids is 2. The highest BCUT2D eigenvalue weighted by molar-refractivity contribution is 6.02. The molecule has 1 aromatic carbocycles. The number of Topliss-reactive ketones (excluding diaryl/α,β-unsaturated/α-hetero) is 1. The van der Waals surface area contributed by atoms with E-state index >= 15 is 0 Å². The van der Waals surface area contributed by atoms with Crippen molar-refractivity contribution < 1.29 is 9.59 Å². The summed E-state index contributed by atoms with van der Waals surface area (Å²) in [6, 6.07) is 7.51. The van der Waals surface area contributed by atoms with Crippen LogP contribution in [-0.2, 0) is 0 Å². The smallest absolute Gasteiger partial charge is 0.268 e. The molecule has 0 spiro atoms. The van der Waals surface area contributed by atoms with Crippen LogP contribution >= 0.6 is 0 Å². The molecule has 0 unspecified atom stereocenters. The first-order chi connectivity index (χ1) is 12.3. The number of para-hydroxylation sites is 2. The normalized spacial score (nSPS) is 12.5. The first-order valence-electron chi connectivity index (χ1n) is 8.75.